The molecular weight excluding hydrogens is 286 g/mol. The molecule has 0 amide bonds. The van der Waals surface area contributed by atoms with Crippen LogP contribution in [0.3, 0.4) is 0 Å². The van der Waals surface area contributed by atoms with Crippen LogP contribution < -0.4 is 10.0 Å². The van der Waals surface area contributed by atoms with Crippen molar-refractivity contribution in [3.63, 3.8) is 0 Å². The number of anilines is 1. The molecule has 0 aliphatic rings. The highest BCUT2D eigenvalue weighted by molar-refractivity contribution is 7.92. The molecule has 0 aliphatic carbocycles. The van der Waals surface area contributed by atoms with Crippen molar-refractivity contribution in [3.05, 3.63) is 59.9 Å². The van der Waals surface area contributed by atoms with E-state index in [0.717, 1.165) is 11.1 Å². The molecule has 2 rings (SSSR count). The van der Waals surface area contributed by atoms with Crippen molar-refractivity contribution in [2.24, 2.45) is 5.73 Å². The Labute approximate surface area is 125 Å². The Bertz CT molecular complexity index is 687. The molecule has 0 atom stereocenters. The first-order valence-corrected chi connectivity index (χ1v) is 8.36. The third-order valence-electron chi connectivity index (χ3n) is 3.25. The predicted molar refractivity (Wildman–Crippen MR) is 84.2 cm³/mol. The summed E-state index contributed by atoms with van der Waals surface area (Å²) in [5, 5.41) is 0. The van der Waals surface area contributed by atoms with E-state index in [2.05, 4.69) is 4.98 Å². The summed E-state index contributed by atoms with van der Waals surface area (Å²) in [7, 11) is -3.46. The van der Waals surface area contributed by atoms with Crippen LogP contribution in [-0.2, 0) is 22.3 Å². The molecule has 2 N–H and O–H groups in total. The molecule has 0 spiro atoms. The first-order valence-electron chi connectivity index (χ1n) is 6.75. The summed E-state index contributed by atoms with van der Waals surface area (Å²) in [4.78, 5) is 3.92. The second-order valence-corrected chi connectivity index (χ2v) is 6.49. The lowest BCUT2D eigenvalue weighted by Crippen LogP contribution is -2.32. The molecule has 112 valence electrons. The van der Waals surface area contributed by atoms with E-state index >= 15 is 0 Å². The highest BCUT2D eigenvalue weighted by atomic mass is 32.2. The number of sulfonamides is 1. The fourth-order valence-electron chi connectivity index (χ4n) is 2.22. The van der Waals surface area contributed by atoms with E-state index in [1.54, 1.807) is 30.6 Å². The minimum atomic E-state index is -3.46. The SMILES string of the molecule is CCN(c1ccncc1)S(=O)(=O)Cc1ccccc1CN. The summed E-state index contributed by atoms with van der Waals surface area (Å²) in [6.45, 7) is 2.51. The number of pyridine rings is 1. The third-order valence-corrected chi connectivity index (χ3v) is 5.07. The molecule has 6 heteroatoms. The number of rotatable bonds is 6. The Hall–Kier alpha value is -1.92. The number of benzene rings is 1. The molecule has 1 aromatic heterocycles. The molecule has 0 unspecified atom stereocenters. The summed E-state index contributed by atoms with van der Waals surface area (Å²) >= 11 is 0. The van der Waals surface area contributed by atoms with Gasteiger partial charge < -0.3 is 5.73 Å². The van der Waals surface area contributed by atoms with E-state index in [-0.39, 0.29) is 5.75 Å². The number of hydrogen-bond donors (Lipinski definition) is 1. The molecule has 0 saturated carbocycles. The molecule has 0 bridgehead atoms. The largest absolute Gasteiger partial charge is 0.326 e. The molecule has 21 heavy (non-hydrogen) atoms. The van der Waals surface area contributed by atoms with Crippen molar-refractivity contribution in [1.29, 1.82) is 0 Å². The zero-order valence-corrected chi connectivity index (χ0v) is 12.8. The molecule has 0 saturated heterocycles. The zero-order chi connectivity index (χ0) is 15.3. The van der Waals surface area contributed by atoms with Crippen LogP contribution in [0.25, 0.3) is 0 Å². The molecule has 0 fully saturated rings. The van der Waals surface area contributed by atoms with Crippen molar-refractivity contribution in [1.82, 2.24) is 4.98 Å². The molecule has 1 aromatic carbocycles. The van der Waals surface area contributed by atoms with Gasteiger partial charge in [-0.05, 0) is 30.2 Å². The summed E-state index contributed by atoms with van der Waals surface area (Å²) in [5.74, 6) is -0.0590. The maximum atomic E-state index is 12.7. The molecule has 0 radical (unpaired) electrons. The Morgan fingerprint density at radius 1 is 1.10 bits per heavy atom. The number of nitrogens with two attached hydrogens (primary N) is 1. The van der Waals surface area contributed by atoms with Gasteiger partial charge in [-0.1, -0.05) is 24.3 Å². The van der Waals surface area contributed by atoms with Gasteiger partial charge in [0, 0.05) is 25.5 Å². The van der Waals surface area contributed by atoms with Crippen molar-refractivity contribution in [3.8, 4) is 0 Å². The van der Waals surface area contributed by atoms with Gasteiger partial charge in [0.15, 0.2) is 0 Å². The van der Waals surface area contributed by atoms with E-state index in [4.69, 9.17) is 5.73 Å². The number of aromatic nitrogens is 1. The molecular formula is C15H19N3O2S. The number of hydrogen-bond acceptors (Lipinski definition) is 4. The standard InChI is InChI=1S/C15H19N3O2S/c1-2-18(15-7-9-17-10-8-15)21(19,20)12-14-6-4-3-5-13(14)11-16/h3-10H,2,11-12,16H2,1H3. The highest BCUT2D eigenvalue weighted by Crippen LogP contribution is 2.21. The van der Waals surface area contributed by atoms with Crippen LogP contribution in [0, 0.1) is 0 Å². The third kappa shape index (κ3) is 3.59. The van der Waals surface area contributed by atoms with Gasteiger partial charge in [-0.25, -0.2) is 8.42 Å². The molecule has 0 aliphatic heterocycles. The smallest absolute Gasteiger partial charge is 0.239 e. The fourth-order valence-corrected chi connectivity index (χ4v) is 3.89. The molecule has 1 heterocycles. The lowest BCUT2D eigenvalue weighted by Gasteiger charge is -2.23. The average molecular weight is 305 g/mol. The second kappa shape index (κ2) is 6.69. The summed E-state index contributed by atoms with van der Waals surface area (Å²) in [6.07, 6.45) is 3.17. The summed E-state index contributed by atoms with van der Waals surface area (Å²) < 4.78 is 26.7. The fraction of sp³-hybridized carbons (Fsp3) is 0.267. The van der Waals surface area contributed by atoms with Crippen molar-refractivity contribution in [2.45, 2.75) is 19.2 Å². The Balaban J connectivity index is 2.33. The van der Waals surface area contributed by atoms with Gasteiger partial charge in [-0.3, -0.25) is 9.29 Å². The maximum Gasteiger partial charge on any atom is 0.239 e. The van der Waals surface area contributed by atoms with Crippen LogP contribution in [0.15, 0.2) is 48.8 Å². The summed E-state index contributed by atoms with van der Waals surface area (Å²) in [6, 6.07) is 10.7. The van der Waals surface area contributed by atoms with Crippen LogP contribution in [0.5, 0.6) is 0 Å². The van der Waals surface area contributed by atoms with Crippen LogP contribution in [0.4, 0.5) is 5.69 Å². The van der Waals surface area contributed by atoms with Crippen LogP contribution in [-0.4, -0.2) is 19.9 Å². The Kier molecular flexibility index (Phi) is 4.93. The Morgan fingerprint density at radius 2 is 1.71 bits per heavy atom. The van der Waals surface area contributed by atoms with Gasteiger partial charge in [0.2, 0.25) is 10.0 Å². The highest BCUT2D eigenvalue weighted by Gasteiger charge is 2.22. The van der Waals surface area contributed by atoms with E-state index < -0.39 is 10.0 Å². The van der Waals surface area contributed by atoms with E-state index in [1.807, 2.05) is 25.1 Å². The first kappa shape index (κ1) is 15.5. The lowest BCUT2D eigenvalue weighted by atomic mass is 10.1. The van der Waals surface area contributed by atoms with E-state index in [1.165, 1.54) is 4.31 Å². The van der Waals surface area contributed by atoms with Gasteiger partial charge in [-0.2, -0.15) is 0 Å². The number of nitrogens with zero attached hydrogens (tertiary/aromatic N) is 2. The van der Waals surface area contributed by atoms with Crippen LogP contribution >= 0.6 is 0 Å². The van der Waals surface area contributed by atoms with E-state index in [9.17, 15) is 8.42 Å². The maximum absolute atomic E-state index is 12.7. The van der Waals surface area contributed by atoms with E-state index in [0.29, 0.717) is 18.8 Å². The van der Waals surface area contributed by atoms with Crippen LogP contribution in [0.2, 0.25) is 0 Å². The quantitative estimate of drug-likeness (QED) is 0.884. The van der Waals surface area contributed by atoms with Gasteiger partial charge in [-0.15, -0.1) is 0 Å². The van der Waals surface area contributed by atoms with Crippen molar-refractivity contribution < 1.29 is 8.42 Å². The minimum absolute atomic E-state index is 0.0590. The first-order chi connectivity index (χ1) is 10.1. The lowest BCUT2D eigenvalue weighted by molar-refractivity contribution is 0.591. The van der Waals surface area contributed by atoms with Crippen molar-refractivity contribution >= 4 is 15.7 Å². The monoisotopic (exact) mass is 305 g/mol. The van der Waals surface area contributed by atoms with Crippen LogP contribution in [0.1, 0.15) is 18.1 Å². The van der Waals surface area contributed by atoms with Crippen molar-refractivity contribution in [2.75, 3.05) is 10.8 Å². The zero-order valence-electron chi connectivity index (χ0n) is 11.9. The predicted octanol–water partition coefficient (Wildman–Crippen LogP) is 1.90. The normalized spacial score (nSPS) is 11.3. The summed E-state index contributed by atoms with van der Waals surface area (Å²) in [5.41, 5.74) is 7.89. The average Bonchev–Trinajstić information content (AvgIpc) is 2.49. The minimum Gasteiger partial charge on any atom is -0.326 e. The molecule has 5 nitrogen and oxygen atoms in total. The van der Waals surface area contributed by atoms with Gasteiger partial charge >= 0.3 is 0 Å². The second-order valence-electron chi connectivity index (χ2n) is 4.60. The van der Waals surface area contributed by atoms with Gasteiger partial charge in [0.1, 0.15) is 0 Å². The topological polar surface area (TPSA) is 76.3 Å². The van der Waals surface area contributed by atoms with Gasteiger partial charge in [0.25, 0.3) is 0 Å². The molecule has 2 aromatic rings. The van der Waals surface area contributed by atoms with Gasteiger partial charge in [0.05, 0.1) is 11.4 Å². The Morgan fingerprint density at radius 3 is 2.29 bits per heavy atom.